The smallest absolute Gasteiger partial charge is 0.273 e. The molecule has 2 aromatic rings. The Morgan fingerprint density at radius 3 is 2.77 bits per heavy atom. The molecule has 0 unspecified atom stereocenters. The predicted molar refractivity (Wildman–Crippen MR) is 86.3 cm³/mol. The fourth-order valence-electron chi connectivity index (χ4n) is 1.80. The van der Waals surface area contributed by atoms with Crippen LogP contribution in [0.2, 0.25) is 5.02 Å². The van der Waals surface area contributed by atoms with Crippen LogP contribution >= 0.6 is 22.9 Å². The van der Waals surface area contributed by atoms with Gasteiger partial charge in [0, 0.05) is 11.4 Å². The maximum absolute atomic E-state index is 12.0. The first kappa shape index (κ1) is 16.3. The molecular weight excluding hydrogens is 324 g/mol. The number of benzene rings is 1. The lowest BCUT2D eigenvalue weighted by atomic mass is 10.2. The van der Waals surface area contributed by atoms with Gasteiger partial charge in [-0.25, -0.2) is 0 Å². The molecule has 7 heteroatoms. The maximum atomic E-state index is 12.0. The van der Waals surface area contributed by atoms with Crippen LogP contribution < -0.4 is 15.6 Å². The Morgan fingerprint density at radius 1 is 1.27 bits per heavy atom. The Balaban J connectivity index is 1.85. The minimum Gasteiger partial charge on any atom is -0.496 e. The van der Waals surface area contributed by atoms with Crippen molar-refractivity contribution < 1.29 is 14.3 Å². The van der Waals surface area contributed by atoms with Crippen LogP contribution in [0.5, 0.6) is 5.75 Å². The number of aryl methyl sites for hydroxylation is 1. The van der Waals surface area contributed by atoms with Gasteiger partial charge in [0.25, 0.3) is 5.91 Å². The van der Waals surface area contributed by atoms with Crippen molar-refractivity contribution in [2.75, 3.05) is 7.11 Å². The summed E-state index contributed by atoms with van der Waals surface area (Å²) in [6.45, 7) is 0. The zero-order chi connectivity index (χ0) is 15.9. The molecule has 0 spiro atoms. The molecular formula is C15H15ClN2O3S. The van der Waals surface area contributed by atoms with Gasteiger partial charge in [-0.15, -0.1) is 0 Å². The van der Waals surface area contributed by atoms with Crippen molar-refractivity contribution in [3.63, 3.8) is 0 Å². The first-order valence-electron chi connectivity index (χ1n) is 6.54. The number of rotatable bonds is 5. The summed E-state index contributed by atoms with van der Waals surface area (Å²) >= 11 is 7.42. The highest BCUT2D eigenvalue weighted by molar-refractivity contribution is 7.07. The predicted octanol–water partition coefficient (Wildman–Crippen LogP) is 2.80. The van der Waals surface area contributed by atoms with Crippen LogP contribution in [-0.4, -0.2) is 18.9 Å². The Bertz CT molecular complexity index is 659. The lowest BCUT2D eigenvalue weighted by molar-refractivity contribution is -0.121. The van der Waals surface area contributed by atoms with Gasteiger partial charge in [0.05, 0.1) is 12.7 Å². The van der Waals surface area contributed by atoms with E-state index in [9.17, 15) is 9.59 Å². The number of carbonyl (C=O) groups excluding carboxylic acids is 2. The van der Waals surface area contributed by atoms with Crippen molar-refractivity contribution >= 4 is 34.8 Å². The van der Waals surface area contributed by atoms with Crippen LogP contribution in [0.25, 0.3) is 0 Å². The van der Waals surface area contributed by atoms with E-state index in [1.165, 1.54) is 19.2 Å². The van der Waals surface area contributed by atoms with Crippen LogP contribution in [0, 0.1) is 0 Å². The molecule has 0 atom stereocenters. The van der Waals surface area contributed by atoms with Gasteiger partial charge in [0.15, 0.2) is 0 Å². The Hall–Kier alpha value is -2.05. The third-order valence-corrected chi connectivity index (χ3v) is 3.91. The zero-order valence-corrected chi connectivity index (χ0v) is 13.5. The largest absolute Gasteiger partial charge is 0.496 e. The monoisotopic (exact) mass is 338 g/mol. The van der Waals surface area contributed by atoms with Crippen molar-refractivity contribution in [2.24, 2.45) is 0 Å². The molecule has 2 N–H and O–H groups in total. The molecule has 0 saturated carbocycles. The molecule has 0 saturated heterocycles. The average Bonchev–Trinajstić information content (AvgIpc) is 3.03. The normalized spacial score (nSPS) is 10.1. The van der Waals surface area contributed by atoms with E-state index in [4.69, 9.17) is 16.3 Å². The second-order valence-electron chi connectivity index (χ2n) is 4.48. The van der Waals surface area contributed by atoms with E-state index in [0.29, 0.717) is 29.2 Å². The number of nitrogens with one attached hydrogen (secondary N) is 2. The van der Waals surface area contributed by atoms with Gasteiger partial charge in [-0.2, -0.15) is 11.3 Å². The van der Waals surface area contributed by atoms with E-state index < -0.39 is 5.91 Å². The molecule has 1 aromatic carbocycles. The summed E-state index contributed by atoms with van der Waals surface area (Å²) in [5.41, 5.74) is 6.15. The Labute approximate surface area is 137 Å². The molecule has 0 radical (unpaired) electrons. The number of hydrogen-bond donors (Lipinski definition) is 2. The Morgan fingerprint density at radius 2 is 2.09 bits per heavy atom. The summed E-state index contributed by atoms with van der Waals surface area (Å²) in [6.07, 6.45) is 0.935. The number of hydrazine groups is 1. The minimum absolute atomic E-state index is 0.257. The molecule has 1 heterocycles. The highest BCUT2D eigenvalue weighted by atomic mass is 35.5. The van der Waals surface area contributed by atoms with Crippen molar-refractivity contribution in [1.29, 1.82) is 0 Å². The topological polar surface area (TPSA) is 67.4 Å². The third-order valence-electron chi connectivity index (χ3n) is 2.94. The molecule has 1 aromatic heterocycles. The highest BCUT2D eigenvalue weighted by Crippen LogP contribution is 2.22. The van der Waals surface area contributed by atoms with Gasteiger partial charge in [0.2, 0.25) is 5.91 Å². The van der Waals surface area contributed by atoms with Gasteiger partial charge >= 0.3 is 0 Å². The molecule has 0 aliphatic carbocycles. The van der Waals surface area contributed by atoms with Gasteiger partial charge in [-0.1, -0.05) is 11.6 Å². The minimum atomic E-state index is -0.461. The molecule has 0 aliphatic heterocycles. The van der Waals surface area contributed by atoms with Crippen molar-refractivity contribution in [2.45, 2.75) is 12.8 Å². The summed E-state index contributed by atoms with van der Waals surface area (Å²) in [5, 5.41) is 4.42. The van der Waals surface area contributed by atoms with E-state index in [0.717, 1.165) is 5.56 Å². The second-order valence-corrected chi connectivity index (χ2v) is 5.69. The summed E-state index contributed by atoms with van der Waals surface area (Å²) in [7, 11) is 1.45. The summed E-state index contributed by atoms with van der Waals surface area (Å²) in [6, 6.07) is 6.62. The van der Waals surface area contributed by atoms with Gasteiger partial charge in [-0.3, -0.25) is 20.4 Å². The van der Waals surface area contributed by atoms with E-state index in [1.54, 1.807) is 17.4 Å². The zero-order valence-electron chi connectivity index (χ0n) is 11.9. The quantitative estimate of drug-likeness (QED) is 0.824. The van der Waals surface area contributed by atoms with Crippen LogP contribution in [0.4, 0.5) is 0 Å². The number of halogens is 1. The van der Waals surface area contributed by atoms with Crippen LogP contribution in [0.15, 0.2) is 35.0 Å². The first-order chi connectivity index (χ1) is 10.6. The lowest BCUT2D eigenvalue weighted by Gasteiger charge is -2.10. The maximum Gasteiger partial charge on any atom is 0.273 e. The standard InChI is InChI=1S/C15H15ClN2O3S/c1-21-13-8-11(16)3-4-12(13)15(20)18-17-14(19)5-2-10-6-7-22-9-10/h3-4,6-9H,2,5H2,1H3,(H,17,19)(H,18,20). The average molecular weight is 339 g/mol. The number of ether oxygens (including phenoxy) is 1. The molecule has 0 bridgehead atoms. The Kier molecular flexibility index (Phi) is 5.80. The van der Waals surface area contributed by atoms with E-state index in [2.05, 4.69) is 10.9 Å². The number of hydrogen-bond acceptors (Lipinski definition) is 4. The van der Waals surface area contributed by atoms with E-state index in [-0.39, 0.29) is 5.91 Å². The number of methoxy groups -OCH3 is 1. The van der Waals surface area contributed by atoms with E-state index >= 15 is 0 Å². The molecule has 116 valence electrons. The highest BCUT2D eigenvalue weighted by Gasteiger charge is 2.13. The molecule has 22 heavy (non-hydrogen) atoms. The summed E-state index contributed by atoms with van der Waals surface area (Å²) in [5.74, 6) is -0.373. The fraction of sp³-hybridized carbons (Fsp3) is 0.200. The van der Waals surface area contributed by atoms with Crippen molar-refractivity contribution in [3.8, 4) is 5.75 Å². The molecule has 5 nitrogen and oxygen atoms in total. The molecule has 0 fully saturated rings. The third kappa shape index (κ3) is 4.47. The van der Waals surface area contributed by atoms with Crippen molar-refractivity contribution in [1.82, 2.24) is 10.9 Å². The number of thiophene rings is 1. The van der Waals surface area contributed by atoms with Crippen LogP contribution in [-0.2, 0) is 11.2 Å². The van der Waals surface area contributed by atoms with Gasteiger partial charge in [0.1, 0.15) is 5.75 Å². The van der Waals surface area contributed by atoms with Gasteiger partial charge in [-0.05, 0) is 47.0 Å². The molecule has 0 aliphatic rings. The van der Waals surface area contributed by atoms with Crippen molar-refractivity contribution in [3.05, 3.63) is 51.2 Å². The summed E-state index contributed by atoms with van der Waals surface area (Å²) in [4.78, 5) is 23.7. The second kappa shape index (κ2) is 7.82. The van der Waals surface area contributed by atoms with Gasteiger partial charge < -0.3 is 4.74 Å². The number of carbonyl (C=O) groups is 2. The number of amides is 2. The fourth-order valence-corrected chi connectivity index (χ4v) is 2.67. The van der Waals surface area contributed by atoms with Crippen LogP contribution in [0.1, 0.15) is 22.3 Å². The lowest BCUT2D eigenvalue weighted by Crippen LogP contribution is -2.41. The SMILES string of the molecule is COc1cc(Cl)ccc1C(=O)NNC(=O)CCc1ccsc1. The van der Waals surface area contributed by atoms with E-state index in [1.807, 2.05) is 16.8 Å². The summed E-state index contributed by atoms with van der Waals surface area (Å²) < 4.78 is 5.09. The molecule has 2 rings (SSSR count). The first-order valence-corrected chi connectivity index (χ1v) is 7.86. The molecule has 2 amide bonds. The van der Waals surface area contributed by atoms with Crippen LogP contribution in [0.3, 0.4) is 0 Å².